The Balaban J connectivity index is 2.18. The maximum atomic E-state index is 13.6. The molecule has 1 atom stereocenters. The Kier molecular flexibility index (Phi) is 4.25. The Labute approximate surface area is 119 Å². The Morgan fingerprint density at radius 2 is 1.83 bits per heavy atom. The Bertz CT molecular complexity index is 542. The summed E-state index contributed by atoms with van der Waals surface area (Å²) in [6, 6.07) is 12.4. The minimum atomic E-state index is -0.302. The summed E-state index contributed by atoms with van der Waals surface area (Å²) < 4.78 is 14.6. The minimum Gasteiger partial charge on any atom is -0.376 e. The molecule has 1 nitrogen and oxygen atoms in total. The zero-order valence-electron chi connectivity index (χ0n) is 9.75. The van der Waals surface area contributed by atoms with Crippen molar-refractivity contribution in [3.05, 3.63) is 63.3 Å². The van der Waals surface area contributed by atoms with Gasteiger partial charge >= 0.3 is 0 Å². The highest BCUT2D eigenvalue weighted by Crippen LogP contribution is 2.25. The third kappa shape index (κ3) is 3.24. The molecule has 0 amide bonds. The van der Waals surface area contributed by atoms with Crippen molar-refractivity contribution >= 4 is 33.2 Å². The molecule has 0 heterocycles. The molecule has 0 fully saturated rings. The van der Waals surface area contributed by atoms with Gasteiger partial charge in [0.15, 0.2) is 0 Å². The standard InChI is InChI=1S/C14H12BrClFN/c1-9(10-2-4-11(15)5-3-10)18-14-8-12(16)6-7-13(14)17/h2-9,18H,1H3. The molecule has 18 heavy (non-hydrogen) atoms. The van der Waals surface area contributed by atoms with Crippen molar-refractivity contribution in [2.24, 2.45) is 0 Å². The van der Waals surface area contributed by atoms with Crippen LogP contribution >= 0.6 is 27.5 Å². The lowest BCUT2D eigenvalue weighted by molar-refractivity contribution is 0.627. The number of benzene rings is 2. The highest BCUT2D eigenvalue weighted by Gasteiger charge is 2.08. The lowest BCUT2D eigenvalue weighted by atomic mass is 10.1. The second-order valence-corrected chi connectivity index (χ2v) is 5.39. The number of halogens is 3. The summed E-state index contributed by atoms with van der Waals surface area (Å²) in [6.45, 7) is 1.98. The Morgan fingerprint density at radius 1 is 1.17 bits per heavy atom. The quantitative estimate of drug-likeness (QED) is 0.794. The lowest BCUT2D eigenvalue weighted by Gasteiger charge is -2.16. The molecule has 0 aliphatic rings. The number of hydrogen-bond acceptors (Lipinski definition) is 1. The summed E-state index contributed by atoms with van der Waals surface area (Å²) in [4.78, 5) is 0. The summed E-state index contributed by atoms with van der Waals surface area (Å²) in [5.74, 6) is -0.302. The molecule has 0 aliphatic carbocycles. The van der Waals surface area contributed by atoms with E-state index in [1.54, 1.807) is 6.07 Å². The number of hydrogen-bond donors (Lipinski definition) is 1. The van der Waals surface area contributed by atoms with Crippen LogP contribution in [0, 0.1) is 5.82 Å². The normalized spacial score (nSPS) is 12.2. The van der Waals surface area contributed by atoms with Crippen LogP contribution in [0.15, 0.2) is 46.9 Å². The van der Waals surface area contributed by atoms with E-state index in [2.05, 4.69) is 21.2 Å². The molecule has 0 bridgehead atoms. The fraction of sp³-hybridized carbons (Fsp3) is 0.143. The molecule has 0 aromatic heterocycles. The molecule has 0 spiro atoms. The second-order valence-electron chi connectivity index (χ2n) is 4.04. The molecule has 0 aliphatic heterocycles. The van der Waals surface area contributed by atoms with Crippen LogP contribution in [-0.2, 0) is 0 Å². The first-order valence-electron chi connectivity index (χ1n) is 5.53. The summed E-state index contributed by atoms with van der Waals surface area (Å²) in [5.41, 5.74) is 1.50. The van der Waals surface area contributed by atoms with E-state index < -0.39 is 0 Å². The van der Waals surface area contributed by atoms with Crippen LogP contribution < -0.4 is 5.32 Å². The molecular weight excluding hydrogens is 317 g/mol. The Morgan fingerprint density at radius 3 is 2.50 bits per heavy atom. The average molecular weight is 329 g/mol. The monoisotopic (exact) mass is 327 g/mol. The van der Waals surface area contributed by atoms with E-state index in [1.165, 1.54) is 12.1 Å². The molecule has 1 N–H and O–H groups in total. The number of anilines is 1. The fourth-order valence-corrected chi connectivity index (χ4v) is 2.11. The third-order valence-corrected chi connectivity index (χ3v) is 3.43. The first-order chi connectivity index (χ1) is 8.56. The van der Waals surface area contributed by atoms with Gasteiger partial charge in [0.25, 0.3) is 0 Å². The van der Waals surface area contributed by atoms with Crippen LogP contribution in [0.5, 0.6) is 0 Å². The molecule has 2 rings (SSSR count). The third-order valence-electron chi connectivity index (χ3n) is 2.67. The first kappa shape index (κ1) is 13.4. The molecule has 2 aromatic carbocycles. The van der Waals surface area contributed by atoms with Gasteiger partial charge in [-0.25, -0.2) is 4.39 Å². The molecule has 2 aromatic rings. The van der Waals surface area contributed by atoms with Crippen LogP contribution in [0.25, 0.3) is 0 Å². The summed E-state index contributed by atoms with van der Waals surface area (Å²) in [5, 5.41) is 3.63. The second kappa shape index (κ2) is 5.72. The van der Waals surface area contributed by atoms with Crippen molar-refractivity contribution in [2.75, 3.05) is 5.32 Å². The topological polar surface area (TPSA) is 12.0 Å². The van der Waals surface area contributed by atoms with Crippen molar-refractivity contribution in [3.8, 4) is 0 Å². The lowest BCUT2D eigenvalue weighted by Crippen LogP contribution is -2.07. The van der Waals surface area contributed by atoms with Crippen LogP contribution in [-0.4, -0.2) is 0 Å². The summed E-state index contributed by atoms with van der Waals surface area (Å²) in [6.07, 6.45) is 0. The predicted molar refractivity (Wildman–Crippen MR) is 77.6 cm³/mol. The minimum absolute atomic E-state index is 0.00562. The molecule has 0 saturated heterocycles. The van der Waals surface area contributed by atoms with Crippen LogP contribution in [0.2, 0.25) is 5.02 Å². The van der Waals surface area contributed by atoms with Crippen molar-refractivity contribution in [1.82, 2.24) is 0 Å². The van der Waals surface area contributed by atoms with E-state index >= 15 is 0 Å². The van der Waals surface area contributed by atoms with Crippen LogP contribution in [0.4, 0.5) is 10.1 Å². The molecule has 1 unspecified atom stereocenters. The van der Waals surface area contributed by atoms with E-state index in [9.17, 15) is 4.39 Å². The van der Waals surface area contributed by atoms with Crippen LogP contribution in [0.3, 0.4) is 0 Å². The SMILES string of the molecule is CC(Nc1cc(Cl)ccc1F)c1ccc(Br)cc1. The van der Waals surface area contributed by atoms with Gasteiger partial charge in [-0.3, -0.25) is 0 Å². The van der Waals surface area contributed by atoms with E-state index in [0.717, 1.165) is 10.0 Å². The largest absolute Gasteiger partial charge is 0.376 e. The fourth-order valence-electron chi connectivity index (χ4n) is 1.68. The molecule has 4 heteroatoms. The van der Waals surface area contributed by atoms with Gasteiger partial charge in [0, 0.05) is 15.5 Å². The molecule has 94 valence electrons. The molecule has 0 saturated carbocycles. The maximum Gasteiger partial charge on any atom is 0.146 e. The van der Waals surface area contributed by atoms with Gasteiger partial charge in [0.1, 0.15) is 5.82 Å². The highest BCUT2D eigenvalue weighted by atomic mass is 79.9. The number of rotatable bonds is 3. The maximum absolute atomic E-state index is 13.6. The van der Waals surface area contributed by atoms with Gasteiger partial charge in [0.2, 0.25) is 0 Å². The highest BCUT2D eigenvalue weighted by molar-refractivity contribution is 9.10. The molecular formula is C14H12BrClFN. The van der Waals surface area contributed by atoms with Gasteiger partial charge in [-0.1, -0.05) is 39.7 Å². The van der Waals surface area contributed by atoms with Crippen molar-refractivity contribution in [1.29, 1.82) is 0 Å². The summed E-state index contributed by atoms with van der Waals surface area (Å²) in [7, 11) is 0. The van der Waals surface area contributed by atoms with Crippen molar-refractivity contribution < 1.29 is 4.39 Å². The van der Waals surface area contributed by atoms with Gasteiger partial charge in [0.05, 0.1) is 5.69 Å². The zero-order valence-corrected chi connectivity index (χ0v) is 12.1. The van der Waals surface area contributed by atoms with Crippen molar-refractivity contribution in [2.45, 2.75) is 13.0 Å². The molecule has 0 radical (unpaired) electrons. The van der Waals surface area contributed by atoms with Gasteiger partial charge < -0.3 is 5.32 Å². The van der Waals surface area contributed by atoms with Gasteiger partial charge in [-0.05, 0) is 42.8 Å². The predicted octanol–water partition coefficient (Wildman–Crippen LogP) is 5.41. The number of nitrogens with one attached hydrogen (secondary N) is 1. The van der Waals surface area contributed by atoms with Gasteiger partial charge in [-0.2, -0.15) is 0 Å². The van der Waals surface area contributed by atoms with Crippen molar-refractivity contribution in [3.63, 3.8) is 0 Å². The van der Waals surface area contributed by atoms with Crippen LogP contribution in [0.1, 0.15) is 18.5 Å². The van der Waals surface area contributed by atoms with E-state index in [1.807, 2.05) is 31.2 Å². The van der Waals surface area contributed by atoms with E-state index in [0.29, 0.717) is 10.7 Å². The Hall–Kier alpha value is -1.06. The van der Waals surface area contributed by atoms with Gasteiger partial charge in [-0.15, -0.1) is 0 Å². The first-order valence-corrected chi connectivity index (χ1v) is 6.70. The van der Waals surface area contributed by atoms with E-state index in [4.69, 9.17) is 11.6 Å². The van der Waals surface area contributed by atoms with E-state index in [-0.39, 0.29) is 11.9 Å². The average Bonchev–Trinajstić information content (AvgIpc) is 2.34. The summed E-state index contributed by atoms with van der Waals surface area (Å²) >= 11 is 9.24. The smallest absolute Gasteiger partial charge is 0.146 e. The zero-order chi connectivity index (χ0) is 13.1.